The van der Waals surface area contributed by atoms with E-state index in [1.807, 2.05) is 18.2 Å². The van der Waals surface area contributed by atoms with Crippen LogP contribution in [0.2, 0.25) is 0 Å². The third-order valence-corrected chi connectivity index (χ3v) is 19.4. The van der Waals surface area contributed by atoms with E-state index in [0.717, 1.165) is 135 Å². The molecule has 0 saturated carbocycles. The Labute approximate surface area is 496 Å². The van der Waals surface area contributed by atoms with E-state index in [0.29, 0.717) is 39.5 Å². The van der Waals surface area contributed by atoms with Crippen molar-refractivity contribution in [1.29, 1.82) is 10.5 Å². The van der Waals surface area contributed by atoms with Gasteiger partial charge in [0.1, 0.15) is 28.8 Å². The van der Waals surface area contributed by atoms with E-state index < -0.39 is 0 Å². The average molecular weight is 1120 g/mol. The molecule has 0 N–H and O–H groups in total. The van der Waals surface area contributed by atoms with E-state index in [1.165, 1.54) is 5.56 Å². The van der Waals surface area contributed by atoms with Crippen molar-refractivity contribution in [2.24, 2.45) is 0 Å². The van der Waals surface area contributed by atoms with Crippen molar-refractivity contribution >= 4 is 141 Å². The van der Waals surface area contributed by atoms with Crippen molar-refractivity contribution in [1.82, 2.24) is 18.3 Å². The molecule has 0 saturated heterocycles. The highest BCUT2D eigenvalue weighted by Crippen LogP contribution is 2.52. The monoisotopic (exact) mass is 1120 g/mol. The molecule has 0 aliphatic heterocycles. The summed E-state index contributed by atoms with van der Waals surface area (Å²) >= 11 is 1.75. The minimum absolute atomic E-state index is 0.193. The first-order chi connectivity index (χ1) is 42.3. The maximum atomic E-state index is 13.0. The average Bonchev–Trinajstić information content (AvgIpc) is 1.50. The number of hydrogen-bond donors (Lipinski definition) is 0. The van der Waals surface area contributed by atoms with Crippen LogP contribution in [-0.2, 0) is 5.41 Å². The fourth-order valence-electron chi connectivity index (χ4n) is 14.4. The van der Waals surface area contributed by atoms with E-state index in [9.17, 15) is 10.5 Å². The van der Waals surface area contributed by atoms with Crippen molar-refractivity contribution < 1.29 is 4.42 Å². The first kappa shape index (κ1) is 48.4. The molecule has 0 atom stereocenters. The molecule has 0 radical (unpaired) electrons. The van der Waals surface area contributed by atoms with Gasteiger partial charge in [-0.25, -0.2) is 0 Å². The highest BCUT2D eigenvalue weighted by molar-refractivity contribution is 7.26. The second-order valence-corrected chi connectivity index (χ2v) is 24.8. The Hall–Kier alpha value is -11.2. The summed E-state index contributed by atoms with van der Waals surface area (Å²) in [6.45, 7) is 6.77. The summed E-state index contributed by atoms with van der Waals surface area (Å²) < 4.78 is 18.7. The molecule has 0 amide bonds. The molecule has 0 aliphatic carbocycles. The number of fused-ring (bicyclic) bond motifs is 20. The number of furan rings is 1. The number of benzene rings is 12. The van der Waals surface area contributed by atoms with E-state index >= 15 is 0 Å². The van der Waals surface area contributed by atoms with Crippen molar-refractivity contribution in [3.05, 3.63) is 253 Å². The van der Waals surface area contributed by atoms with Crippen molar-refractivity contribution in [2.75, 3.05) is 0 Å². The molecule has 0 fully saturated rings. The zero-order chi connectivity index (χ0) is 57.3. The lowest BCUT2D eigenvalue weighted by Crippen LogP contribution is -2.17. The van der Waals surface area contributed by atoms with Crippen LogP contribution >= 0.6 is 11.3 Å². The largest absolute Gasteiger partial charge is 0.454 e. The van der Waals surface area contributed by atoms with Gasteiger partial charge in [-0.05, 0) is 88.8 Å². The van der Waals surface area contributed by atoms with Gasteiger partial charge < -0.3 is 22.7 Å². The maximum Gasteiger partial charge on any atom is 0.160 e. The molecule has 18 rings (SSSR count). The molecule has 0 unspecified atom stereocenters. The normalized spacial score (nSPS) is 12.3. The quantitative estimate of drug-likeness (QED) is 0.172. The molecule has 0 bridgehead atoms. The Balaban J connectivity index is 1.16. The predicted octanol–water partition coefficient (Wildman–Crippen LogP) is 21.1. The molecule has 86 heavy (non-hydrogen) atoms. The summed E-state index contributed by atoms with van der Waals surface area (Å²) in [6.07, 6.45) is 0. The van der Waals surface area contributed by atoms with Crippen LogP contribution < -0.4 is 0 Å². The number of aromatic nitrogens is 4. The van der Waals surface area contributed by atoms with Crippen LogP contribution in [0.1, 0.15) is 37.5 Å². The third kappa shape index (κ3) is 6.48. The molecule has 6 aromatic heterocycles. The standard InChI is InChI=1S/C78H48N6OS/c1-78(2,3)47-34-40-67-59(42-47)54-35-37-56-52-25-11-17-31-68(52)85-76(56)73(54)84(67)75-71(81-62-27-13-7-21-48(62)49-22-8-14-28-63(49)81)60(43-79)70(61(44-80)72(75)82-64-29-15-9-23-50(64)51-24-10-16-30-65(51)82)83-66-39-33-46(45-19-5-4-6-20-45)41-58(66)55-36-38-57-53-26-12-18-32-69(53)86-77(57)74(55)83/h4-42H,1-3H3. The lowest BCUT2D eigenvalue weighted by Gasteiger charge is -2.27. The third-order valence-electron chi connectivity index (χ3n) is 18.2. The summed E-state index contributed by atoms with van der Waals surface area (Å²) in [5, 5.41) is 38.5. The van der Waals surface area contributed by atoms with Crippen LogP contribution in [-0.4, -0.2) is 18.3 Å². The number of nitriles is 2. The molecule has 7 nitrogen and oxygen atoms in total. The maximum absolute atomic E-state index is 13.0. The van der Waals surface area contributed by atoms with Crippen molar-refractivity contribution in [3.63, 3.8) is 0 Å². The number of thiophene rings is 1. The van der Waals surface area contributed by atoms with Crippen LogP contribution in [0, 0.1) is 22.7 Å². The van der Waals surface area contributed by atoms with Crippen LogP contribution in [0.5, 0.6) is 0 Å². The van der Waals surface area contributed by atoms with Gasteiger partial charge in [0, 0.05) is 69.3 Å². The molecule has 0 aliphatic rings. The SMILES string of the molecule is CC(C)(C)c1ccc2c(c1)c1ccc3c4ccccc4oc3c1n2-c1c(-n2c3ccccc3c3ccccc32)c(C#N)c(-n2c3ccc(-c4ccccc4)cc3c3ccc4c5ccccc5sc4c32)c(C#N)c1-n1c2ccccc2c2ccccc21. The van der Waals surface area contributed by atoms with Gasteiger partial charge in [0.2, 0.25) is 0 Å². The Bertz CT molecular complexity index is 5840. The molecule has 0 spiro atoms. The fraction of sp³-hybridized carbons (Fsp3) is 0.0513. The Morgan fingerprint density at radius 2 is 0.814 bits per heavy atom. The van der Waals surface area contributed by atoms with Gasteiger partial charge in [0.25, 0.3) is 0 Å². The second kappa shape index (κ2) is 17.7. The van der Waals surface area contributed by atoms with Gasteiger partial charge >= 0.3 is 0 Å². The molecular formula is C78H48N6OS. The number of nitrogens with zero attached hydrogens (tertiary/aromatic N) is 6. The van der Waals surface area contributed by atoms with E-state index in [4.69, 9.17) is 4.42 Å². The minimum atomic E-state index is -0.193. The Morgan fingerprint density at radius 1 is 0.349 bits per heavy atom. The van der Waals surface area contributed by atoms with E-state index in [-0.39, 0.29) is 5.41 Å². The van der Waals surface area contributed by atoms with Crippen LogP contribution in [0.3, 0.4) is 0 Å². The van der Waals surface area contributed by atoms with Gasteiger partial charge in [-0.15, -0.1) is 11.3 Å². The number of hydrogen-bond acceptors (Lipinski definition) is 4. The van der Waals surface area contributed by atoms with Crippen molar-refractivity contribution in [3.8, 4) is 46.0 Å². The second-order valence-electron chi connectivity index (χ2n) is 23.7. The van der Waals surface area contributed by atoms with Crippen molar-refractivity contribution in [2.45, 2.75) is 26.2 Å². The van der Waals surface area contributed by atoms with Gasteiger partial charge in [-0.2, -0.15) is 10.5 Å². The summed E-state index contributed by atoms with van der Waals surface area (Å²) in [7, 11) is 0. The van der Waals surface area contributed by atoms with Crippen LogP contribution in [0.4, 0.5) is 0 Å². The minimum Gasteiger partial charge on any atom is -0.454 e. The summed E-state index contributed by atoms with van der Waals surface area (Å²) in [6, 6.07) is 89.9. The van der Waals surface area contributed by atoms with Gasteiger partial charge in [-0.1, -0.05) is 191 Å². The lowest BCUT2D eigenvalue weighted by atomic mass is 9.86. The van der Waals surface area contributed by atoms with Crippen LogP contribution in [0.15, 0.2) is 241 Å². The van der Waals surface area contributed by atoms with E-state index in [1.54, 1.807) is 11.3 Å². The number of para-hydroxylation sites is 5. The first-order valence-corrected chi connectivity index (χ1v) is 29.9. The van der Waals surface area contributed by atoms with Gasteiger partial charge in [-0.3, -0.25) is 0 Å². The van der Waals surface area contributed by atoms with Crippen LogP contribution in [0.25, 0.3) is 163 Å². The first-order valence-electron chi connectivity index (χ1n) is 29.1. The summed E-state index contributed by atoms with van der Waals surface area (Å²) in [5.74, 6) is 0. The summed E-state index contributed by atoms with van der Waals surface area (Å²) in [4.78, 5) is 0. The Kier molecular flexibility index (Phi) is 9.95. The molecular weight excluding hydrogens is 1070 g/mol. The molecule has 12 aromatic carbocycles. The molecule has 6 heterocycles. The fourth-order valence-corrected chi connectivity index (χ4v) is 15.7. The molecule has 8 heteroatoms. The Morgan fingerprint density at radius 3 is 1.41 bits per heavy atom. The van der Waals surface area contributed by atoms with Gasteiger partial charge in [0.15, 0.2) is 5.58 Å². The molecule has 18 aromatic rings. The smallest absolute Gasteiger partial charge is 0.160 e. The molecule has 402 valence electrons. The predicted molar refractivity (Wildman–Crippen MR) is 358 cm³/mol. The highest BCUT2D eigenvalue weighted by atomic mass is 32.1. The zero-order valence-electron chi connectivity index (χ0n) is 47.0. The van der Waals surface area contributed by atoms with Gasteiger partial charge in [0.05, 0.1) is 71.6 Å². The summed E-state index contributed by atoms with van der Waals surface area (Å²) in [5.41, 5.74) is 15.0. The highest BCUT2D eigenvalue weighted by Gasteiger charge is 2.36. The van der Waals surface area contributed by atoms with E-state index in [2.05, 4.69) is 270 Å². The topological polar surface area (TPSA) is 80.4 Å². The number of rotatable bonds is 5. The zero-order valence-corrected chi connectivity index (χ0v) is 47.8. The lowest BCUT2D eigenvalue weighted by molar-refractivity contribution is 0.591.